The lowest BCUT2D eigenvalue weighted by Gasteiger charge is -2.24. The average molecular weight is 480 g/mol. The lowest BCUT2D eigenvalue weighted by Crippen LogP contribution is -2.26. The number of nitrogens with zero attached hydrogens (tertiary/aromatic N) is 1. The molecule has 0 aliphatic carbocycles. The van der Waals surface area contributed by atoms with Gasteiger partial charge in [0.25, 0.3) is 5.69 Å². The first-order valence-electron chi connectivity index (χ1n) is 8.02. The molecule has 26 heavy (non-hydrogen) atoms. The van der Waals surface area contributed by atoms with Crippen molar-refractivity contribution < 1.29 is 9.35 Å². The fraction of sp³-hybridized carbons (Fsp3) is 0.158. The van der Waals surface area contributed by atoms with Crippen molar-refractivity contribution >= 4 is 42.7 Å². The van der Waals surface area contributed by atoms with E-state index in [1.165, 1.54) is 6.07 Å². The summed E-state index contributed by atoms with van der Waals surface area (Å²) in [5.41, 5.74) is 2.02. The summed E-state index contributed by atoms with van der Waals surface area (Å²) in [4.78, 5) is 11.0. The van der Waals surface area contributed by atoms with Gasteiger partial charge in [-0.2, -0.15) is 0 Å². The standard InChI is InChI=1S/C19H21IN2O3Si/c1-14(25-26(2,3)4)17(18-8-6-5-7-11-21-18)13-15-12-16(20)9-10-19(15)22(23)24/h5-13,21H,1H2,2-4H3. The van der Waals surface area contributed by atoms with Crippen molar-refractivity contribution in [1.82, 2.24) is 5.32 Å². The number of hydrogen-bond acceptors (Lipinski definition) is 4. The van der Waals surface area contributed by atoms with Gasteiger partial charge in [-0.15, -0.1) is 0 Å². The van der Waals surface area contributed by atoms with E-state index < -0.39 is 8.32 Å². The van der Waals surface area contributed by atoms with Crippen molar-refractivity contribution in [2.24, 2.45) is 0 Å². The van der Waals surface area contributed by atoms with Crippen LogP contribution < -0.4 is 5.32 Å². The van der Waals surface area contributed by atoms with Crippen LogP contribution in [0.25, 0.3) is 6.08 Å². The first-order chi connectivity index (χ1) is 12.2. The Morgan fingerprint density at radius 1 is 1.31 bits per heavy atom. The van der Waals surface area contributed by atoms with Gasteiger partial charge in [0.15, 0.2) is 0 Å². The van der Waals surface area contributed by atoms with Gasteiger partial charge in [-0.25, -0.2) is 0 Å². The van der Waals surface area contributed by atoms with Gasteiger partial charge >= 0.3 is 0 Å². The van der Waals surface area contributed by atoms with E-state index in [1.54, 1.807) is 24.4 Å². The van der Waals surface area contributed by atoms with E-state index >= 15 is 0 Å². The number of nitrogens with one attached hydrogen (secondary N) is 1. The molecule has 0 aromatic heterocycles. The SMILES string of the molecule is C=C(O[Si](C)(C)C)C(=Cc1cc(I)ccc1[N+](=O)[O-])C1=CC=CC=CN1. The highest BCUT2D eigenvalue weighted by molar-refractivity contribution is 14.1. The van der Waals surface area contributed by atoms with Crippen LogP contribution in [0.3, 0.4) is 0 Å². The second-order valence-electron chi connectivity index (χ2n) is 6.62. The van der Waals surface area contributed by atoms with Gasteiger partial charge in [-0.05, 0) is 72.6 Å². The third-order valence-electron chi connectivity index (χ3n) is 3.33. The molecule has 0 fully saturated rings. The minimum absolute atomic E-state index is 0.0454. The molecule has 0 unspecified atom stereocenters. The molecule has 7 heteroatoms. The molecule has 0 bridgehead atoms. The Hall–Kier alpha value is -2.13. The molecule has 0 spiro atoms. The van der Waals surface area contributed by atoms with Gasteiger partial charge < -0.3 is 9.74 Å². The molecule has 1 N–H and O–H groups in total. The quantitative estimate of drug-likeness (QED) is 0.146. The van der Waals surface area contributed by atoms with Crippen molar-refractivity contribution in [2.45, 2.75) is 19.6 Å². The maximum absolute atomic E-state index is 11.4. The maximum atomic E-state index is 11.4. The maximum Gasteiger partial charge on any atom is 0.276 e. The molecule has 1 aromatic rings. The second kappa shape index (κ2) is 8.50. The first kappa shape index (κ1) is 20.2. The summed E-state index contributed by atoms with van der Waals surface area (Å²) in [6.07, 6.45) is 11.1. The van der Waals surface area contributed by atoms with Crippen LogP contribution in [0.1, 0.15) is 5.56 Å². The third-order valence-corrected chi connectivity index (χ3v) is 4.86. The zero-order valence-electron chi connectivity index (χ0n) is 15.0. The highest BCUT2D eigenvalue weighted by atomic mass is 127. The zero-order chi connectivity index (χ0) is 19.3. The van der Waals surface area contributed by atoms with Crippen LogP contribution in [0, 0.1) is 13.7 Å². The van der Waals surface area contributed by atoms with Crippen LogP contribution in [0.15, 0.2) is 72.3 Å². The van der Waals surface area contributed by atoms with E-state index in [0.717, 1.165) is 9.27 Å². The molecule has 5 nitrogen and oxygen atoms in total. The normalized spacial score (nSPS) is 14.3. The average Bonchev–Trinajstić information content (AvgIpc) is 2.79. The predicted octanol–water partition coefficient (Wildman–Crippen LogP) is 5.51. The first-order valence-corrected chi connectivity index (χ1v) is 12.5. The summed E-state index contributed by atoms with van der Waals surface area (Å²) in [6, 6.07) is 5.02. The molecule has 136 valence electrons. The van der Waals surface area contributed by atoms with Crippen LogP contribution in [0.5, 0.6) is 0 Å². The van der Waals surface area contributed by atoms with E-state index in [2.05, 4.69) is 54.1 Å². The Kier molecular flexibility index (Phi) is 6.60. The fourth-order valence-corrected chi connectivity index (χ4v) is 3.69. The van der Waals surface area contributed by atoms with Gasteiger partial charge in [0.1, 0.15) is 5.76 Å². The zero-order valence-corrected chi connectivity index (χ0v) is 18.1. The largest absolute Gasteiger partial charge is 0.544 e. The van der Waals surface area contributed by atoms with Crippen molar-refractivity contribution in [2.75, 3.05) is 0 Å². The van der Waals surface area contributed by atoms with Crippen molar-refractivity contribution in [3.05, 3.63) is 91.6 Å². The molecule has 0 saturated heterocycles. The second-order valence-corrected chi connectivity index (χ2v) is 12.3. The molecular weight excluding hydrogens is 459 g/mol. The van der Waals surface area contributed by atoms with E-state index in [9.17, 15) is 10.1 Å². The Labute approximate surface area is 168 Å². The molecule has 0 saturated carbocycles. The molecular formula is C19H21IN2O3Si. The van der Waals surface area contributed by atoms with E-state index in [0.29, 0.717) is 16.9 Å². The summed E-state index contributed by atoms with van der Waals surface area (Å²) >= 11 is 2.14. The molecule has 0 radical (unpaired) electrons. The van der Waals surface area contributed by atoms with Gasteiger partial charge in [0, 0.05) is 27.1 Å². The fourth-order valence-electron chi connectivity index (χ4n) is 2.32. The van der Waals surface area contributed by atoms with E-state index in [4.69, 9.17) is 4.43 Å². The lowest BCUT2D eigenvalue weighted by molar-refractivity contribution is -0.385. The van der Waals surface area contributed by atoms with Crippen LogP contribution in [-0.2, 0) is 4.43 Å². The Balaban J connectivity index is 2.59. The lowest BCUT2D eigenvalue weighted by atomic mass is 10.0. The van der Waals surface area contributed by atoms with Crippen LogP contribution >= 0.6 is 22.6 Å². The number of allylic oxidation sites excluding steroid dienone is 4. The van der Waals surface area contributed by atoms with Gasteiger partial charge in [0.05, 0.1) is 10.5 Å². The van der Waals surface area contributed by atoms with Crippen molar-refractivity contribution in [1.29, 1.82) is 0 Å². The number of rotatable bonds is 6. The van der Waals surface area contributed by atoms with Crippen LogP contribution in [-0.4, -0.2) is 13.2 Å². The Bertz CT molecular complexity index is 849. The molecule has 2 rings (SSSR count). The molecule has 0 amide bonds. The Morgan fingerprint density at radius 2 is 2.04 bits per heavy atom. The molecule has 1 aliphatic heterocycles. The highest BCUT2D eigenvalue weighted by Gasteiger charge is 2.22. The summed E-state index contributed by atoms with van der Waals surface area (Å²) < 4.78 is 6.99. The number of benzene rings is 1. The molecule has 1 aromatic carbocycles. The van der Waals surface area contributed by atoms with Gasteiger partial charge in [0.2, 0.25) is 8.32 Å². The van der Waals surface area contributed by atoms with Crippen molar-refractivity contribution in [3.63, 3.8) is 0 Å². The minimum atomic E-state index is -1.89. The van der Waals surface area contributed by atoms with Crippen LogP contribution in [0.4, 0.5) is 5.69 Å². The highest BCUT2D eigenvalue weighted by Crippen LogP contribution is 2.29. The molecule has 1 heterocycles. The number of halogens is 1. The Morgan fingerprint density at radius 3 is 2.69 bits per heavy atom. The molecule has 0 atom stereocenters. The van der Waals surface area contributed by atoms with Crippen LogP contribution in [0.2, 0.25) is 19.6 Å². The summed E-state index contributed by atoms with van der Waals surface area (Å²) in [6.45, 7) is 10.3. The summed E-state index contributed by atoms with van der Waals surface area (Å²) in [5, 5.41) is 14.6. The number of nitro groups is 1. The number of hydrogen-bond donors (Lipinski definition) is 1. The van der Waals surface area contributed by atoms with Crippen molar-refractivity contribution in [3.8, 4) is 0 Å². The number of nitro benzene ring substituents is 1. The summed E-state index contributed by atoms with van der Waals surface area (Å²) in [7, 11) is -1.89. The summed E-state index contributed by atoms with van der Waals surface area (Å²) in [5.74, 6) is 0.500. The molecule has 1 aliphatic rings. The third kappa shape index (κ3) is 5.70. The van der Waals surface area contributed by atoms with Gasteiger partial charge in [-0.3, -0.25) is 10.1 Å². The minimum Gasteiger partial charge on any atom is -0.544 e. The smallest absolute Gasteiger partial charge is 0.276 e. The predicted molar refractivity (Wildman–Crippen MR) is 117 cm³/mol. The topological polar surface area (TPSA) is 64.4 Å². The van der Waals surface area contributed by atoms with E-state index in [1.807, 2.05) is 24.3 Å². The van der Waals surface area contributed by atoms with E-state index in [-0.39, 0.29) is 10.6 Å². The van der Waals surface area contributed by atoms with Gasteiger partial charge in [-0.1, -0.05) is 18.7 Å². The monoisotopic (exact) mass is 480 g/mol.